The van der Waals surface area contributed by atoms with E-state index in [-0.39, 0.29) is 16.9 Å². The molecule has 2 aromatic rings. The lowest BCUT2D eigenvalue weighted by Gasteiger charge is -2.22. The van der Waals surface area contributed by atoms with Crippen molar-refractivity contribution in [3.63, 3.8) is 0 Å². The summed E-state index contributed by atoms with van der Waals surface area (Å²) < 4.78 is 5.49. The Hall–Kier alpha value is -2.42. The summed E-state index contributed by atoms with van der Waals surface area (Å²) in [6.45, 7) is 6.45. The molecule has 2 N–H and O–H groups in total. The molecule has 0 aliphatic carbocycles. The molecule has 0 aliphatic rings. The third-order valence-corrected chi connectivity index (χ3v) is 3.43. The number of rotatable bonds is 3. The van der Waals surface area contributed by atoms with Crippen LogP contribution in [-0.4, -0.2) is 17.3 Å². The number of aromatic hydroxyl groups is 2. The van der Waals surface area contributed by atoms with Crippen molar-refractivity contribution < 1.29 is 14.9 Å². The van der Waals surface area contributed by atoms with E-state index >= 15 is 0 Å². The average molecular weight is 298 g/mol. The highest BCUT2D eigenvalue weighted by molar-refractivity contribution is 5.72. The maximum Gasteiger partial charge on any atom is 0.123 e. The molecule has 0 aliphatic heterocycles. The van der Waals surface area contributed by atoms with Gasteiger partial charge in [-0.15, -0.1) is 0 Å². The van der Waals surface area contributed by atoms with Crippen LogP contribution in [0, 0.1) is 0 Å². The fraction of sp³-hybridized carbons (Fsp3) is 0.263. The maximum atomic E-state index is 9.49. The molecule has 0 amide bonds. The van der Waals surface area contributed by atoms with Crippen LogP contribution in [0.5, 0.6) is 17.2 Å². The van der Waals surface area contributed by atoms with Gasteiger partial charge in [-0.2, -0.15) is 0 Å². The number of benzene rings is 2. The molecule has 3 heteroatoms. The normalized spacial score (nSPS) is 11.8. The molecule has 0 unspecified atom stereocenters. The van der Waals surface area contributed by atoms with E-state index in [0.717, 1.165) is 22.4 Å². The van der Waals surface area contributed by atoms with Gasteiger partial charge in [0.05, 0.1) is 7.11 Å². The molecular formula is C19H22O3. The van der Waals surface area contributed by atoms with Crippen LogP contribution >= 0.6 is 0 Å². The standard InChI is InChI=1S/C19H22O3/c1-19(2,3)17-8-7-13(11-18(17)22-4)5-6-14-9-15(20)12-16(21)10-14/h5-12,20-21H,1-4H3/b6-5+. The van der Waals surface area contributed by atoms with Crippen LogP contribution in [0.2, 0.25) is 0 Å². The van der Waals surface area contributed by atoms with Gasteiger partial charge >= 0.3 is 0 Å². The van der Waals surface area contributed by atoms with Gasteiger partial charge in [0.1, 0.15) is 17.2 Å². The fourth-order valence-corrected chi connectivity index (χ4v) is 2.34. The van der Waals surface area contributed by atoms with E-state index in [1.807, 2.05) is 24.3 Å². The van der Waals surface area contributed by atoms with E-state index in [1.54, 1.807) is 19.2 Å². The van der Waals surface area contributed by atoms with Crippen LogP contribution < -0.4 is 4.74 Å². The number of ether oxygens (including phenoxy) is 1. The molecule has 0 heterocycles. The topological polar surface area (TPSA) is 49.7 Å². The number of phenols is 2. The van der Waals surface area contributed by atoms with Crippen LogP contribution in [0.1, 0.15) is 37.5 Å². The van der Waals surface area contributed by atoms with Gasteiger partial charge in [0, 0.05) is 6.07 Å². The molecule has 0 atom stereocenters. The van der Waals surface area contributed by atoms with Crippen LogP contribution in [0.15, 0.2) is 36.4 Å². The summed E-state index contributed by atoms with van der Waals surface area (Å²) in [6.07, 6.45) is 3.76. The van der Waals surface area contributed by atoms with E-state index in [4.69, 9.17) is 4.74 Å². The van der Waals surface area contributed by atoms with Crippen molar-refractivity contribution in [2.45, 2.75) is 26.2 Å². The molecule has 3 nitrogen and oxygen atoms in total. The minimum absolute atomic E-state index is 0.0184. The van der Waals surface area contributed by atoms with E-state index in [1.165, 1.54) is 6.07 Å². The molecule has 0 radical (unpaired) electrons. The lowest BCUT2D eigenvalue weighted by Crippen LogP contribution is -2.12. The molecule has 116 valence electrons. The van der Waals surface area contributed by atoms with Crippen molar-refractivity contribution in [1.29, 1.82) is 0 Å². The SMILES string of the molecule is COc1cc(/C=C/c2cc(O)cc(O)c2)ccc1C(C)(C)C. The van der Waals surface area contributed by atoms with Crippen molar-refractivity contribution in [2.75, 3.05) is 7.11 Å². The summed E-state index contributed by atoms with van der Waals surface area (Å²) in [5.74, 6) is 0.939. The van der Waals surface area contributed by atoms with E-state index < -0.39 is 0 Å². The Labute approximate surface area is 131 Å². The van der Waals surface area contributed by atoms with E-state index in [9.17, 15) is 10.2 Å². The molecule has 2 aromatic carbocycles. The Kier molecular flexibility index (Phi) is 4.45. The molecular weight excluding hydrogens is 276 g/mol. The molecule has 0 saturated carbocycles. The quantitative estimate of drug-likeness (QED) is 0.816. The first-order chi connectivity index (χ1) is 10.3. The zero-order chi connectivity index (χ0) is 16.3. The zero-order valence-corrected chi connectivity index (χ0v) is 13.4. The van der Waals surface area contributed by atoms with Gasteiger partial charge in [-0.05, 0) is 40.3 Å². The molecule has 0 spiro atoms. The minimum atomic E-state index is 0.0184. The third kappa shape index (κ3) is 3.82. The first-order valence-corrected chi connectivity index (χ1v) is 7.19. The smallest absolute Gasteiger partial charge is 0.123 e. The van der Waals surface area contributed by atoms with Gasteiger partial charge in [0.15, 0.2) is 0 Å². The molecule has 0 saturated heterocycles. The second-order valence-corrected chi connectivity index (χ2v) is 6.33. The number of hydrogen-bond donors (Lipinski definition) is 2. The summed E-state index contributed by atoms with van der Waals surface area (Å²) in [7, 11) is 1.67. The van der Waals surface area contributed by atoms with Gasteiger partial charge < -0.3 is 14.9 Å². The molecule has 0 aromatic heterocycles. The molecule has 2 rings (SSSR count). The molecule has 22 heavy (non-hydrogen) atoms. The predicted octanol–water partition coefficient (Wildman–Crippen LogP) is 4.57. The first-order valence-electron chi connectivity index (χ1n) is 7.19. The lowest BCUT2D eigenvalue weighted by atomic mass is 9.86. The molecule has 0 bridgehead atoms. The Bertz CT molecular complexity index is 674. The second-order valence-electron chi connectivity index (χ2n) is 6.33. The Morgan fingerprint density at radius 1 is 0.864 bits per heavy atom. The number of phenolic OH excluding ortho intramolecular Hbond substituents is 2. The van der Waals surface area contributed by atoms with Crippen LogP contribution in [0.25, 0.3) is 12.2 Å². The van der Waals surface area contributed by atoms with E-state index in [2.05, 4.69) is 26.8 Å². The number of hydrogen-bond acceptors (Lipinski definition) is 3. The van der Waals surface area contributed by atoms with Gasteiger partial charge in [0.2, 0.25) is 0 Å². The Morgan fingerprint density at radius 2 is 1.45 bits per heavy atom. The van der Waals surface area contributed by atoms with Gasteiger partial charge in [-0.25, -0.2) is 0 Å². The highest BCUT2D eigenvalue weighted by Crippen LogP contribution is 2.32. The summed E-state index contributed by atoms with van der Waals surface area (Å²) in [4.78, 5) is 0. The third-order valence-electron chi connectivity index (χ3n) is 3.43. The zero-order valence-electron chi connectivity index (χ0n) is 13.4. The lowest BCUT2D eigenvalue weighted by molar-refractivity contribution is 0.397. The maximum absolute atomic E-state index is 9.49. The van der Waals surface area contributed by atoms with Gasteiger partial charge in [0.25, 0.3) is 0 Å². The molecule has 0 fully saturated rings. The second kappa shape index (κ2) is 6.14. The number of methoxy groups -OCH3 is 1. The highest BCUT2D eigenvalue weighted by atomic mass is 16.5. The van der Waals surface area contributed by atoms with E-state index in [0.29, 0.717) is 0 Å². The van der Waals surface area contributed by atoms with Crippen molar-refractivity contribution in [3.8, 4) is 17.2 Å². The summed E-state index contributed by atoms with van der Waals surface area (Å²) in [5, 5.41) is 19.0. The summed E-state index contributed by atoms with van der Waals surface area (Å²) in [5.41, 5.74) is 2.90. The fourth-order valence-electron chi connectivity index (χ4n) is 2.34. The Balaban J connectivity index is 2.32. The predicted molar refractivity (Wildman–Crippen MR) is 90.4 cm³/mol. The van der Waals surface area contributed by atoms with Gasteiger partial charge in [-0.3, -0.25) is 0 Å². The van der Waals surface area contributed by atoms with Crippen molar-refractivity contribution in [2.24, 2.45) is 0 Å². The van der Waals surface area contributed by atoms with Crippen molar-refractivity contribution in [1.82, 2.24) is 0 Å². The first kappa shape index (κ1) is 16.0. The summed E-state index contributed by atoms with van der Waals surface area (Å²) >= 11 is 0. The van der Waals surface area contributed by atoms with Crippen LogP contribution in [0.4, 0.5) is 0 Å². The van der Waals surface area contributed by atoms with Crippen LogP contribution in [0.3, 0.4) is 0 Å². The van der Waals surface area contributed by atoms with Crippen molar-refractivity contribution in [3.05, 3.63) is 53.1 Å². The minimum Gasteiger partial charge on any atom is -0.508 e. The van der Waals surface area contributed by atoms with Crippen molar-refractivity contribution >= 4 is 12.2 Å². The van der Waals surface area contributed by atoms with Gasteiger partial charge in [-0.1, -0.05) is 45.1 Å². The van der Waals surface area contributed by atoms with Crippen LogP contribution in [-0.2, 0) is 5.41 Å². The monoisotopic (exact) mass is 298 g/mol. The highest BCUT2D eigenvalue weighted by Gasteiger charge is 2.18. The Morgan fingerprint density at radius 3 is 2.00 bits per heavy atom. The summed E-state index contributed by atoms with van der Waals surface area (Å²) in [6, 6.07) is 10.6. The largest absolute Gasteiger partial charge is 0.508 e. The average Bonchev–Trinajstić information content (AvgIpc) is 2.42.